The Morgan fingerprint density at radius 3 is 2.34 bits per heavy atom. The van der Waals surface area contributed by atoms with E-state index >= 15 is 0 Å². The van der Waals surface area contributed by atoms with Gasteiger partial charge in [0.1, 0.15) is 5.60 Å². The highest BCUT2D eigenvalue weighted by Gasteiger charge is 2.51. The number of carbonyl (C=O) groups excluding carboxylic acids is 2. The minimum absolute atomic E-state index is 0.190. The summed E-state index contributed by atoms with van der Waals surface area (Å²) in [6.07, 6.45) is 3.71. The molecule has 2 amide bonds. The number of nitrogens with two attached hydrogens (primary N) is 1. The summed E-state index contributed by atoms with van der Waals surface area (Å²) < 4.78 is 6.14. The lowest BCUT2D eigenvalue weighted by molar-refractivity contribution is -0.120. The molecule has 5 rings (SSSR count). The molecule has 1 aliphatic carbocycles. The Labute approximate surface area is 223 Å². The van der Waals surface area contributed by atoms with Crippen LogP contribution in [0, 0.1) is 0 Å². The van der Waals surface area contributed by atoms with E-state index < -0.39 is 16.6 Å². The number of aromatic nitrogens is 1. The fraction of sp³-hybridized carbons (Fsp3) is 0.387. The number of carbonyl (C=O) groups is 2. The summed E-state index contributed by atoms with van der Waals surface area (Å²) in [5.41, 5.74) is 7.72. The summed E-state index contributed by atoms with van der Waals surface area (Å²) in [4.78, 5) is 31.4. The van der Waals surface area contributed by atoms with Gasteiger partial charge in [-0.2, -0.15) is 0 Å². The zero-order valence-corrected chi connectivity index (χ0v) is 22.2. The third-order valence-electron chi connectivity index (χ3n) is 7.96. The fourth-order valence-electron chi connectivity index (χ4n) is 5.65. The number of ether oxygens (including phenoxy) is 1. The monoisotopic (exact) mass is 513 g/mol. The summed E-state index contributed by atoms with van der Waals surface area (Å²) in [5, 5.41) is 10.6. The average Bonchev–Trinajstić information content (AvgIpc) is 3.71. The second-order valence-electron chi connectivity index (χ2n) is 11.3. The summed E-state index contributed by atoms with van der Waals surface area (Å²) in [6, 6.07) is 21.4. The molecule has 38 heavy (non-hydrogen) atoms. The van der Waals surface area contributed by atoms with Crippen LogP contribution in [0.2, 0.25) is 0 Å². The maximum Gasteiger partial charge on any atom is 0.411 e. The van der Waals surface area contributed by atoms with Crippen molar-refractivity contribution in [1.82, 2.24) is 9.88 Å². The first-order valence-corrected chi connectivity index (χ1v) is 13.2. The molecule has 0 bridgehead atoms. The van der Waals surface area contributed by atoms with E-state index in [1.165, 1.54) is 0 Å². The normalized spacial score (nSPS) is 21.5. The van der Waals surface area contributed by atoms with Crippen LogP contribution < -0.4 is 5.73 Å². The van der Waals surface area contributed by atoms with Crippen LogP contribution in [0.1, 0.15) is 69.3 Å². The van der Waals surface area contributed by atoms with E-state index in [2.05, 4.69) is 4.98 Å². The predicted octanol–water partition coefficient (Wildman–Crippen LogP) is 5.23. The van der Waals surface area contributed by atoms with Crippen LogP contribution in [0.25, 0.3) is 11.1 Å². The van der Waals surface area contributed by atoms with Gasteiger partial charge in [-0.3, -0.25) is 9.78 Å². The van der Waals surface area contributed by atoms with Crippen molar-refractivity contribution in [3.05, 3.63) is 89.7 Å². The van der Waals surface area contributed by atoms with Crippen LogP contribution in [0.4, 0.5) is 4.79 Å². The molecule has 0 radical (unpaired) electrons. The zero-order valence-electron chi connectivity index (χ0n) is 22.2. The van der Waals surface area contributed by atoms with Gasteiger partial charge in [0.05, 0.1) is 22.8 Å². The molecule has 3 aromatic rings. The molecular formula is C31H35N3O4. The van der Waals surface area contributed by atoms with Crippen molar-refractivity contribution in [2.24, 2.45) is 5.73 Å². The number of pyridine rings is 1. The number of nitrogens with zero attached hydrogens (tertiary/aromatic N) is 2. The number of benzene rings is 2. The molecule has 198 valence electrons. The first kappa shape index (κ1) is 25.9. The van der Waals surface area contributed by atoms with E-state index in [-0.39, 0.29) is 18.0 Å². The number of hydrogen-bond donors (Lipinski definition) is 2. The van der Waals surface area contributed by atoms with Gasteiger partial charge in [-0.05, 0) is 68.0 Å². The van der Waals surface area contributed by atoms with Crippen LogP contribution in [0.3, 0.4) is 0 Å². The van der Waals surface area contributed by atoms with Gasteiger partial charge >= 0.3 is 6.09 Å². The maximum absolute atomic E-state index is 13.3. The molecule has 1 aromatic heterocycles. The molecule has 1 aliphatic heterocycles. The lowest BCUT2D eigenvalue weighted by atomic mass is 9.80. The SMILES string of the molecule is C[C@@H](c1ccc(-c2ccnc(C3(C(N)=O)CC3)c2)cc1)N1CCC(CC(C)(C)O)(c2ccccc2)OC1=O. The molecule has 2 aromatic carbocycles. The standard InChI is InChI=1S/C31H35N3O4/c1-21(34-18-16-31(38-28(34)36,20-29(2,3)37)25-7-5-4-6-8-25)22-9-11-23(12-10-22)24-13-17-33-26(19-24)30(14-15-30)27(32)35/h4-13,17,19,21,37H,14-16,18,20H2,1-3H3,(H2,32,35)/t21-,31?/m0/s1. The lowest BCUT2D eigenvalue weighted by Gasteiger charge is -2.45. The van der Waals surface area contributed by atoms with E-state index in [1.54, 1.807) is 24.9 Å². The Morgan fingerprint density at radius 2 is 1.76 bits per heavy atom. The third kappa shape index (κ3) is 4.90. The molecule has 1 saturated carbocycles. The van der Waals surface area contributed by atoms with Gasteiger partial charge in [0, 0.05) is 25.6 Å². The van der Waals surface area contributed by atoms with E-state index in [9.17, 15) is 14.7 Å². The average molecular weight is 514 g/mol. The van der Waals surface area contributed by atoms with Gasteiger partial charge in [0.15, 0.2) is 0 Å². The highest BCUT2D eigenvalue weighted by atomic mass is 16.6. The van der Waals surface area contributed by atoms with Crippen LogP contribution >= 0.6 is 0 Å². The smallest absolute Gasteiger partial charge is 0.411 e. The van der Waals surface area contributed by atoms with Gasteiger partial charge < -0.3 is 20.5 Å². The molecule has 7 nitrogen and oxygen atoms in total. The van der Waals surface area contributed by atoms with E-state index in [1.807, 2.05) is 73.7 Å². The third-order valence-corrected chi connectivity index (χ3v) is 7.96. The van der Waals surface area contributed by atoms with Crippen LogP contribution in [-0.2, 0) is 20.5 Å². The molecule has 2 aliphatic rings. The minimum Gasteiger partial charge on any atom is -0.438 e. The molecule has 1 saturated heterocycles. The second kappa shape index (κ2) is 9.55. The number of amides is 2. The van der Waals surface area contributed by atoms with Crippen molar-refractivity contribution in [2.75, 3.05) is 6.54 Å². The highest BCUT2D eigenvalue weighted by molar-refractivity contribution is 5.89. The van der Waals surface area contributed by atoms with Gasteiger partial charge in [0.25, 0.3) is 0 Å². The molecule has 2 atom stereocenters. The topological polar surface area (TPSA) is 106 Å². The van der Waals surface area contributed by atoms with Gasteiger partial charge in [-0.15, -0.1) is 0 Å². The number of rotatable bonds is 8. The number of cyclic esters (lactones) is 1. The molecule has 0 spiro atoms. The van der Waals surface area contributed by atoms with Crippen molar-refractivity contribution in [1.29, 1.82) is 0 Å². The molecule has 3 N–H and O–H groups in total. The summed E-state index contributed by atoms with van der Waals surface area (Å²) in [7, 11) is 0. The van der Waals surface area contributed by atoms with Crippen molar-refractivity contribution >= 4 is 12.0 Å². The first-order valence-electron chi connectivity index (χ1n) is 13.2. The summed E-state index contributed by atoms with van der Waals surface area (Å²) in [6.45, 7) is 5.99. The van der Waals surface area contributed by atoms with Crippen LogP contribution in [0.5, 0.6) is 0 Å². The van der Waals surface area contributed by atoms with Crippen molar-refractivity contribution in [3.63, 3.8) is 0 Å². The van der Waals surface area contributed by atoms with Crippen molar-refractivity contribution in [2.45, 2.75) is 69.1 Å². The van der Waals surface area contributed by atoms with Crippen LogP contribution in [0.15, 0.2) is 72.9 Å². The summed E-state index contributed by atoms with van der Waals surface area (Å²) in [5.74, 6) is -0.321. The highest BCUT2D eigenvalue weighted by Crippen LogP contribution is 2.47. The maximum atomic E-state index is 13.3. The van der Waals surface area contributed by atoms with E-state index in [0.717, 1.165) is 40.8 Å². The summed E-state index contributed by atoms with van der Waals surface area (Å²) >= 11 is 0. The molecule has 1 unspecified atom stereocenters. The molecule has 7 heteroatoms. The van der Waals surface area contributed by atoms with Crippen molar-refractivity contribution in [3.8, 4) is 11.1 Å². The molecule has 2 heterocycles. The number of aliphatic hydroxyl groups is 1. The van der Waals surface area contributed by atoms with Gasteiger partial charge in [-0.1, -0.05) is 54.6 Å². The quantitative estimate of drug-likeness (QED) is 0.429. The molecule has 2 fully saturated rings. The molecular weight excluding hydrogens is 478 g/mol. The van der Waals surface area contributed by atoms with Crippen molar-refractivity contribution < 1.29 is 19.4 Å². The Bertz CT molecular complexity index is 1330. The van der Waals surface area contributed by atoms with Gasteiger partial charge in [-0.25, -0.2) is 4.79 Å². The number of hydrogen-bond acceptors (Lipinski definition) is 5. The van der Waals surface area contributed by atoms with E-state index in [4.69, 9.17) is 10.5 Å². The Balaban J connectivity index is 1.33. The first-order chi connectivity index (χ1) is 18.0. The van der Waals surface area contributed by atoms with Gasteiger partial charge in [0.2, 0.25) is 5.91 Å². The predicted molar refractivity (Wildman–Crippen MR) is 145 cm³/mol. The zero-order chi connectivity index (χ0) is 27.1. The Hall–Kier alpha value is -3.71. The Kier molecular flexibility index (Phi) is 6.51. The Morgan fingerprint density at radius 1 is 1.08 bits per heavy atom. The van der Waals surface area contributed by atoms with Crippen LogP contribution in [-0.4, -0.2) is 39.1 Å². The lowest BCUT2D eigenvalue weighted by Crippen LogP contribution is -2.51. The second-order valence-corrected chi connectivity index (χ2v) is 11.3. The fourth-order valence-corrected chi connectivity index (χ4v) is 5.65. The van der Waals surface area contributed by atoms with E-state index in [0.29, 0.717) is 19.4 Å². The minimum atomic E-state index is -0.997. The largest absolute Gasteiger partial charge is 0.438 e. The number of primary amides is 1.